The number of ether oxygens (including phenoxy) is 1. The second kappa shape index (κ2) is 3.64. The second-order valence-corrected chi connectivity index (χ2v) is 3.91. The molecule has 16 heavy (non-hydrogen) atoms. The number of benzene rings is 1. The molecule has 0 unspecified atom stereocenters. The summed E-state index contributed by atoms with van der Waals surface area (Å²) in [7, 11) is 0. The fourth-order valence-electron chi connectivity index (χ4n) is 1.84. The molecule has 1 atom stereocenters. The summed E-state index contributed by atoms with van der Waals surface area (Å²) >= 11 is 0. The molecule has 80 valence electrons. The lowest BCUT2D eigenvalue weighted by Crippen LogP contribution is -2.56. The van der Waals surface area contributed by atoms with Crippen LogP contribution < -0.4 is 0 Å². The van der Waals surface area contributed by atoms with Gasteiger partial charge < -0.3 is 9.84 Å². The highest BCUT2D eigenvalue weighted by atomic mass is 16.5. The smallest absolute Gasteiger partial charge is 0.173 e. The molecule has 0 aliphatic carbocycles. The maximum atomic E-state index is 10.5. The van der Waals surface area contributed by atoms with Crippen LogP contribution >= 0.6 is 0 Å². The molecule has 1 aliphatic heterocycles. The predicted octanol–water partition coefficient (Wildman–Crippen LogP) is 1.05. The summed E-state index contributed by atoms with van der Waals surface area (Å²) in [5.41, 5.74) is -2.05. The largest absolute Gasteiger partial charge is 0.378 e. The summed E-state index contributed by atoms with van der Waals surface area (Å²) in [5, 5.41) is 19.7. The lowest BCUT2D eigenvalue weighted by molar-refractivity contribution is -0.170. The van der Waals surface area contributed by atoms with E-state index < -0.39 is 11.0 Å². The van der Waals surface area contributed by atoms with Gasteiger partial charge in [0.05, 0.1) is 19.3 Å². The summed E-state index contributed by atoms with van der Waals surface area (Å²) in [6.45, 7) is 0.332. The first-order valence-electron chi connectivity index (χ1n) is 4.93. The topological polar surface area (TPSA) is 53.2 Å². The minimum atomic E-state index is -1.58. The number of rotatable bonds is 2. The Bertz CT molecular complexity index is 465. The Balaban J connectivity index is 2.50. The molecule has 1 fully saturated rings. The molecule has 1 saturated heterocycles. The fraction of sp³-hybridized carbons (Fsp3) is 0.308. The van der Waals surface area contributed by atoms with Gasteiger partial charge >= 0.3 is 0 Å². The van der Waals surface area contributed by atoms with Crippen molar-refractivity contribution in [1.82, 2.24) is 0 Å². The van der Waals surface area contributed by atoms with Gasteiger partial charge in [-0.05, 0) is 5.56 Å². The summed E-state index contributed by atoms with van der Waals surface area (Å²) in [6.07, 6.45) is 5.40. The molecule has 1 heterocycles. The summed E-state index contributed by atoms with van der Waals surface area (Å²) in [5.74, 6) is 2.34. The lowest BCUT2D eigenvalue weighted by Gasteiger charge is -2.44. The minimum Gasteiger partial charge on any atom is -0.378 e. The van der Waals surface area contributed by atoms with Crippen LogP contribution in [0.4, 0.5) is 0 Å². The van der Waals surface area contributed by atoms with E-state index in [2.05, 4.69) is 12.0 Å². The fourth-order valence-corrected chi connectivity index (χ4v) is 1.84. The monoisotopic (exact) mass is 213 g/mol. The normalized spacial score (nSPS) is 20.9. The summed E-state index contributed by atoms with van der Waals surface area (Å²) < 4.78 is 5.02. The molecule has 1 aromatic carbocycles. The van der Waals surface area contributed by atoms with Crippen molar-refractivity contribution in [2.24, 2.45) is 5.41 Å². The lowest BCUT2D eigenvalue weighted by atomic mass is 9.68. The van der Waals surface area contributed by atoms with E-state index in [1.807, 2.05) is 6.07 Å². The van der Waals surface area contributed by atoms with Crippen LogP contribution in [-0.4, -0.2) is 18.3 Å². The molecule has 2 rings (SSSR count). The van der Waals surface area contributed by atoms with Gasteiger partial charge in [-0.25, -0.2) is 0 Å². The second-order valence-electron chi connectivity index (χ2n) is 3.91. The summed E-state index contributed by atoms with van der Waals surface area (Å²) in [4.78, 5) is 0. The molecule has 1 aromatic rings. The number of hydrogen-bond donors (Lipinski definition) is 1. The number of nitriles is 1. The number of hydrogen-bond acceptors (Lipinski definition) is 3. The predicted molar refractivity (Wildman–Crippen MR) is 58.0 cm³/mol. The van der Waals surface area contributed by atoms with Gasteiger partial charge in [0.1, 0.15) is 5.41 Å². The van der Waals surface area contributed by atoms with Gasteiger partial charge in [0.15, 0.2) is 5.60 Å². The van der Waals surface area contributed by atoms with E-state index >= 15 is 0 Å². The van der Waals surface area contributed by atoms with Crippen LogP contribution in [0.3, 0.4) is 0 Å². The van der Waals surface area contributed by atoms with Crippen LogP contribution in [-0.2, 0) is 10.3 Å². The Kier molecular flexibility index (Phi) is 2.44. The Morgan fingerprint density at radius 2 is 2.00 bits per heavy atom. The highest BCUT2D eigenvalue weighted by molar-refractivity contribution is 5.38. The van der Waals surface area contributed by atoms with Crippen molar-refractivity contribution >= 4 is 0 Å². The molecular formula is C13H11NO2. The van der Waals surface area contributed by atoms with Crippen molar-refractivity contribution in [2.45, 2.75) is 5.60 Å². The first kappa shape index (κ1) is 10.7. The third-order valence-corrected chi connectivity index (χ3v) is 3.00. The average Bonchev–Trinajstić information content (AvgIpc) is 2.29. The number of terminal acetylenes is 1. The molecule has 1 aliphatic rings. The Morgan fingerprint density at radius 3 is 2.38 bits per heavy atom. The molecule has 0 saturated carbocycles. The maximum absolute atomic E-state index is 10.5. The molecule has 1 N–H and O–H groups in total. The zero-order valence-electron chi connectivity index (χ0n) is 8.68. The summed E-state index contributed by atoms with van der Waals surface area (Å²) in [6, 6.07) is 10.9. The van der Waals surface area contributed by atoms with Crippen LogP contribution in [0.1, 0.15) is 5.56 Å². The highest BCUT2D eigenvalue weighted by Crippen LogP contribution is 2.44. The van der Waals surface area contributed by atoms with Crippen LogP contribution in [0.2, 0.25) is 0 Å². The molecular weight excluding hydrogens is 202 g/mol. The van der Waals surface area contributed by atoms with Crippen molar-refractivity contribution in [3.05, 3.63) is 35.9 Å². The third kappa shape index (κ3) is 1.23. The van der Waals surface area contributed by atoms with Gasteiger partial charge in [-0.2, -0.15) is 5.26 Å². The van der Waals surface area contributed by atoms with Crippen molar-refractivity contribution in [2.75, 3.05) is 13.2 Å². The van der Waals surface area contributed by atoms with E-state index in [0.717, 1.165) is 0 Å². The van der Waals surface area contributed by atoms with E-state index in [4.69, 9.17) is 11.2 Å². The van der Waals surface area contributed by atoms with Crippen molar-refractivity contribution in [3.8, 4) is 18.4 Å². The van der Waals surface area contributed by atoms with E-state index in [1.165, 1.54) is 0 Å². The van der Waals surface area contributed by atoms with E-state index in [1.54, 1.807) is 24.3 Å². The van der Waals surface area contributed by atoms with Crippen molar-refractivity contribution in [3.63, 3.8) is 0 Å². The average molecular weight is 213 g/mol. The van der Waals surface area contributed by atoms with Gasteiger partial charge in [-0.15, -0.1) is 6.42 Å². The van der Waals surface area contributed by atoms with E-state index in [0.29, 0.717) is 5.56 Å². The highest BCUT2D eigenvalue weighted by Gasteiger charge is 2.56. The quantitative estimate of drug-likeness (QED) is 0.747. The Morgan fingerprint density at radius 1 is 1.38 bits per heavy atom. The van der Waals surface area contributed by atoms with Crippen LogP contribution in [0.5, 0.6) is 0 Å². The van der Waals surface area contributed by atoms with Crippen LogP contribution in [0.15, 0.2) is 30.3 Å². The maximum Gasteiger partial charge on any atom is 0.173 e. The molecule has 0 amide bonds. The van der Waals surface area contributed by atoms with Gasteiger partial charge in [0.25, 0.3) is 0 Å². The van der Waals surface area contributed by atoms with Crippen LogP contribution in [0, 0.1) is 29.1 Å². The molecule has 3 nitrogen and oxygen atoms in total. The van der Waals surface area contributed by atoms with Gasteiger partial charge in [-0.1, -0.05) is 36.3 Å². The number of nitrogens with zero attached hydrogens (tertiary/aromatic N) is 1. The molecule has 3 heteroatoms. The number of aliphatic hydroxyl groups is 1. The van der Waals surface area contributed by atoms with E-state index in [-0.39, 0.29) is 13.2 Å². The molecule has 0 spiro atoms. The van der Waals surface area contributed by atoms with E-state index in [9.17, 15) is 10.4 Å². The van der Waals surface area contributed by atoms with Crippen molar-refractivity contribution in [1.29, 1.82) is 5.26 Å². The first-order chi connectivity index (χ1) is 7.68. The molecule has 0 bridgehead atoms. The first-order valence-corrected chi connectivity index (χ1v) is 4.93. The zero-order chi connectivity index (χ0) is 11.6. The molecule has 0 aromatic heterocycles. The third-order valence-electron chi connectivity index (χ3n) is 3.00. The van der Waals surface area contributed by atoms with Gasteiger partial charge in [0.2, 0.25) is 0 Å². The Hall–Kier alpha value is -1.81. The minimum absolute atomic E-state index is 0.166. The standard InChI is InChI=1S/C13H11NO2/c1-2-13(15,11-6-4-3-5-7-11)12(8-14)9-16-10-12/h1,3-7,15H,9-10H2/t13-/m1/s1. The van der Waals surface area contributed by atoms with Crippen molar-refractivity contribution < 1.29 is 9.84 Å². The Labute approximate surface area is 94.3 Å². The van der Waals surface area contributed by atoms with Gasteiger partial charge in [0, 0.05) is 0 Å². The van der Waals surface area contributed by atoms with Gasteiger partial charge in [-0.3, -0.25) is 0 Å². The van der Waals surface area contributed by atoms with Crippen LogP contribution in [0.25, 0.3) is 0 Å². The molecule has 0 radical (unpaired) electrons. The zero-order valence-corrected chi connectivity index (χ0v) is 8.68. The SMILES string of the molecule is C#C[C@@](O)(c1ccccc1)C1(C#N)COC1.